The van der Waals surface area contributed by atoms with Gasteiger partial charge in [-0.25, -0.2) is 14.4 Å². The van der Waals surface area contributed by atoms with Crippen molar-refractivity contribution in [3.8, 4) is 11.6 Å². The first-order chi connectivity index (χ1) is 17.0. The number of nitrogens with zero attached hydrogens (tertiary/aromatic N) is 4. The van der Waals surface area contributed by atoms with Gasteiger partial charge in [0.05, 0.1) is 36.1 Å². The molecule has 3 aromatic heterocycles. The van der Waals surface area contributed by atoms with Gasteiger partial charge < -0.3 is 30.1 Å². The third-order valence-electron chi connectivity index (χ3n) is 6.37. The van der Waals surface area contributed by atoms with Crippen molar-refractivity contribution in [2.45, 2.75) is 31.5 Å². The maximum atomic E-state index is 14.6. The molecule has 5 heterocycles. The van der Waals surface area contributed by atoms with Crippen molar-refractivity contribution < 1.29 is 23.8 Å². The number of aromatic nitrogens is 3. The van der Waals surface area contributed by atoms with Crippen LogP contribution >= 0.6 is 12.4 Å². The smallest absolute Gasteiger partial charge is 0.263 e. The molecule has 1 fully saturated rings. The third-order valence-corrected chi connectivity index (χ3v) is 6.37. The first kappa shape index (κ1) is 26.0. The lowest BCUT2D eigenvalue weighted by Gasteiger charge is -2.36. The molecule has 2 unspecified atom stereocenters. The first-order valence-electron chi connectivity index (χ1n) is 11.5. The molecule has 0 saturated carbocycles. The van der Waals surface area contributed by atoms with E-state index in [9.17, 15) is 14.3 Å². The molecule has 0 radical (unpaired) electrons. The SMILES string of the molecule is COc1ccc2ncc(F)c(CCN3CCC(NCc4ccc5c(n4)NC(=O)CO5)C(O)C3)c2n1.Cl. The standard InChI is InChI=1S/C24H27FN6O4.ClH/c1-34-22-5-3-18-23(30-22)15(16(25)11-27-18)6-8-31-9-7-17(19(32)12-31)26-10-14-2-4-20-24(28-14)29-21(33)13-35-20;/h2-5,11,17,19,26,32H,6-10,12-13H2,1H3,(H,28,29,33);1H. The van der Waals surface area contributed by atoms with Gasteiger partial charge >= 0.3 is 0 Å². The van der Waals surface area contributed by atoms with Crippen molar-refractivity contribution in [3.05, 3.63) is 47.5 Å². The Kier molecular flexibility index (Phi) is 8.14. The predicted molar refractivity (Wildman–Crippen MR) is 133 cm³/mol. The van der Waals surface area contributed by atoms with E-state index < -0.39 is 11.9 Å². The number of methoxy groups -OCH3 is 1. The zero-order valence-electron chi connectivity index (χ0n) is 19.7. The number of ether oxygens (including phenoxy) is 2. The fourth-order valence-corrected chi connectivity index (χ4v) is 4.48. The number of halogens is 2. The van der Waals surface area contributed by atoms with Crippen LogP contribution < -0.4 is 20.1 Å². The summed E-state index contributed by atoms with van der Waals surface area (Å²) >= 11 is 0. The predicted octanol–water partition coefficient (Wildman–Crippen LogP) is 1.69. The van der Waals surface area contributed by atoms with E-state index in [0.717, 1.165) is 18.7 Å². The van der Waals surface area contributed by atoms with Gasteiger partial charge in [0.2, 0.25) is 5.88 Å². The number of aliphatic hydroxyl groups is 1. The first-order valence-corrected chi connectivity index (χ1v) is 11.5. The molecule has 0 aromatic carbocycles. The van der Waals surface area contributed by atoms with Crippen LogP contribution in [0.5, 0.6) is 11.6 Å². The Balaban J connectivity index is 0.00000304. The van der Waals surface area contributed by atoms with Crippen LogP contribution in [-0.2, 0) is 17.8 Å². The van der Waals surface area contributed by atoms with Crippen molar-refractivity contribution in [2.24, 2.45) is 0 Å². The number of β-amino-alcohol motifs (C(OH)–C–C–N with tert-alkyl or cyclic N) is 1. The van der Waals surface area contributed by atoms with E-state index in [1.165, 1.54) is 13.3 Å². The number of hydrogen-bond acceptors (Lipinski definition) is 9. The number of likely N-dealkylation sites (tertiary alicyclic amines) is 1. The summed E-state index contributed by atoms with van der Waals surface area (Å²) in [6.45, 7) is 2.27. The third kappa shape index (κ3) is 5.65. The van der Waals surface area contributed by atoms with E-state index in [1.807, 2.05) is 6.07 Å². The van der Waals surface area contributed by atoms with Gasteiger partial charge in [-0.05, 0) is 37.6 Å². The highest BCUT2D eigenvalue weighted by atomic mass is 35.5. The molecule has 0 spiro atoms. The van der Waals surface area contributed by atoms with Crippen molar-refractivity contribution in [1.29, 1.82) is 0 Å². The summed E-state index contributed by atoms with van der Waals surface area (Å²) in [6, 6.07) is 6.99. The summed E-state index contributed by atoms with van der Waals surface area (Å²) in [5.41, 5.74) is 2.36. The summed E-state index contributed by atoms with van der Waals surface area (Å²) in [7, 11) is 1.52. The second-order valence-corrected chi connectivity index (χ2v) is 8.69. The Morgan fingerprint density at radius 1 is 1.31 bits per heavy atom. The molecule has 36 heavy (non-hydrogen) atoms. The highest BCUT2D eigenvalue weighted by Gasteiger charge is 2.28. The number of carbonyl (C=O) groups excluding carboxylic acids is 1. The maximum Gasteiger partial charge on any atom is 0.263 e. The summed E-state index contributed by atoms with van der Waals surface area (Å²) in [5, 5.41) is 16.8. The molecule has 3 N–H and O–H groups in total. The molecule has 2 atom stereocenters. The van der Waals surface area contributed by atoms with Gasteiger partial charge in [0.15, 0.2) is 18.2 Å². The lowest BCUT2D eigenvalue weighted by atomic mass is 10.0. The number of rotatable bonds is 7. The minimum absolute atomic E-state index is 0. The summed E-state index contributed by atoms with van der Waals surface area (Å²) < 4.78 is 25.1. The molecule has 1 amide bonds. The normalized spacial score (nSPS) is 19.7. The van der Waals surface area contributed by atoms with Crippen LogP contribution in [-0.4, -0.2) is 76.4 Å². The molecule has 10 nitrogen and oxygen atoms in total. The molecular weight excluding hydrogens is 491 g/mol. The molecule has 12 heteroatoms. The topological polar surface area (TPSA) is 122 Å². The van der Waals surface area contributed by atoms with Crippen molar-refractivity contribution in [3.63, 3.8) is 0 Å². The van der Waals surface area contributed by atoms with Crippen LogP contribution in [0.4, 0.5) is 10.2 Å². The highest BCUT2D eigenvalue weighted by Crippen LogP contribution is 2.26. The highest BCUT2D eigenvalue weighted by molar-refractivity contribution is 5.94. The van der Waals surface area contributed by atoms with Crippen LogP contribution in [0, 0.1) is 5.82 Å². The summed E-state index contributed by atoms with van der Waals surface area (Å²) in [4.78, 5) is 26.6. The van der Waals surface area contributed by atoms with Crippen molar-refractivity contribution >= 4 is 35.2 Å². The van der Waals surface area contributed by atoms with Crippen LogP contribution in [0.2, 0.25) is 0 Å². The van der Waals surface area contributed by atoms with Crippen molar-refractivity contribution in [2.75, 3.05) is 38.7 Å². The Bertz CT molecular complexity index is 1250. The lowest BCUT2D eigenvalue weighted by Crippen LogP contribution is -2.52. The number of nitrogens with one attached hydrogen (secondary N) is 2. The van der Waals surface area contributed by atoms with Crippen LogP contribution in [0.1, 0.15) is 17.7 Å². The van der Waals surface area contributed by atoms with E-state index in [0.29, 0.717) is 60.1 Å². The van der Waals surface area contributed by atoms with E-state index in [-0.39, 0.29) is 31.0 Å². The quantitative estimate of drug-likeness (QED) is 0.429. The number of anilines is 1. The number of hydrogen-bond donors (Lipinski definition) is 3. The second-order valence-electron chi connectivity index (χ2n) is 8.69. The number of amides is 1. The zero-order chi connectivity index (χ0) is 24.4. The van der Waals surface area contributed by atoms with E-state index in [4.69, 9.17) is 9.47 Å². The molecule has 3 aromatic rings. The van der Waals surface area contributed by atoms with Crippen molar-refractivity contribution in [1.82, 2.24) is 25.2 Å². The van der Waals surface area contributed by atoms with Crippen LogP contribution in [0.25, 0.3) is 11.0 Å². The van der Waals surface area contributed by atoms with Gasteiger partial charge in [-0.1, -0.05) is 0 Å². The van der Waals surface area contributed by atoms with Gasteiger partial charge in [0.25, 0.3) is 5.91 Å². The van der Waals surface area contributed by atoms with E-state index in [1.54, 1.807) is 18.2 Å². The molecule has 0 aliphatic carbocycles. The lowest BCUT2D eigenvalue weighted by molar-refractivity contribution is -0.118. The average molecular weight is 519 g/mol. The number of aliphatic hydroxyl groups excluding tert-OH is 1. The summed E-state index contributed by atoms with van der Waals surface area (Å²) in [5.74, 6) is 0.756. The average Bonchev–Trinajstić information content (AvgIpc) is 2.87. The van der Waals surface area contributed by atoms with Gasteiger partial charge in [0, 0.05) is 37.3 Å². The largest absolute Gasteiger partial charge is 0.481 e. The molecular formula is C24H28ClFN6O4. The van der Waals surface area contributed by atoms with Gasteiger partial charge in [-0.2, -0.15) is 0 Å². The van der Waals surface area contributed by atoms with Gasteiger partial charge in [-0.3, -0.25) is 9.78 Å². The fourth-order valence-electron chi connectivity index (χ4n) is 4.48. The Morgan fingerprint density at radius 2 is 2.17 bits per heavy atom. The maximum absolute atomic E-state index is 14.6. The van der Waals surface area contributed by atoms with E-state index in [2.05, 4.69) is 30.5 Å². The van der Waals surface area contributed by atoms with Gasteiger partial charge in [-0.15, -0.1) is 12.4 Å². The van der Waals surface area contributed by atoms with Crippen LogP contribution in [0.15, 0.2) is 30.5 Å². The van der Waals surface area contributed by atoms with E-state index >= 15 is 0 Å². The molecule has 2 aliphatic rings. The Morgan fingerprint density at radius 3 is 2.97 bits per heavy atom. The molecule has 2 aliphatic heterocycles. The minimum Gasteiger partial charge on any atom is -0.481 e. The Hall–Kier alpha value is -3.12. The molecule has 192 valence electrons. The zero-order valence-corrected chi connectivity index (χ0v) is 20.6. The van der Waals surface area contributed by atoms with Crippen LogP contribution in [0.3, 0.4) is 0 Å². The molecule has 1 saturated heterocycles. The number of piperidine rings is 1. The number of fused-ring (bicyclic) bond motifs is 2. The van der Waals surface area contributed by atoms with Gasteiger partial charge in [0.1, 0.15) is 5.82 Å². The second kappa shape index (κ2) is 11.3. The molecule has 5 rings (SSSR count). The number of pyridine rings is 3. The molecule has 0 bridgehead atoms. The Labute approximate surface area is 213 Å². The monoisotopic (exact) mass is 518 g/mol. The fraction of sp³-hybridized carbons (Fsp3) is 0.417. The number of carbonyl (C=O) groups is 1. The summed E-state index contributed by atoms with van der Waals surface area (Å²) in [6.07, 6.45) is 1.82. The minimum atomic E-state index is -0.582.